The smallest absolute Gasteiger partial charge is 0.403 e. The Labute approximate surface area is 97.3 Å². The molecule has 0 aromatic heterocycles. The summed E-state index contributed by atoms with van der Waals surface area (Å²) >= 11 is 0. The van der Waals surface area contributed by atoms with E-state index >= 15 is 0 Å². The van der Waals surface area contributed by atoms with Crippen molar-refractivity contribution in [1.29, 1.82) is 0 Å². The van der Waals surface area contributed by atoms with Crippen LogP contribution in [0, 0.1) is 5.92 Å². The van der Waals surface area contributed by atoms with Crippen molar-refractivity contribution in [2.75, 3.05) is 19.7 Å². The normalized spacial score (nSPS) is 29.0. The maximum absolute atomic E-state index is 12.5. The number of carboxylic acid groups (broad SMARTS) is 1. The topological polar surface area (TPSA) is 49.8 Å². The van der Waals surface area contributed by atoms with Gasteiger partial charge < -0.3 is 9.84 Å². The van der Waals surface area contributed by atoms with Crippen LogP contribution < -0.4 is 0 Å². The lowest BCUT2D eigenvalue weighted by Gasteiger charge is -2.38. The minimum absolute atomic E-state index is 0.172. The Morgan fingerprint density at radius 3 is 2.59 bits per heavy atom. The van der Waals surface area contributed by atoms with Gasteiger partial charge >= 0.3 is 12.1 Å². The quantitative estimate of drug-likeness (QED) is 0.827. The lowest BCUT2D eigenvalue weighted by atomic mass is 10.1. The summed E-state index contributed by atoms with van der Waals surface area (Å²) < 4.78 is 42.8. The lowest BCUT2D eigenvalue weighted by molar-refractivity contribution is -0.200. The SMILES string of the molecule is CC1CN(CC(C(=O)O)C(F)(F)F)C(C)CO1. The predicted octanol–water partition coefficient (Wildman–Crippen LogP) is 1.36. The zero-order valence-electron chi connectivity index (χ0n) is 9.70. The molecule has 0 spiro atoms. The molecular formula is C10H16F3NO3. The second-order valence-corrected chi connectivity index (χ2v) is 4.38. The third kappa shape index (κ3) is 3.85. The van der Waals surface area contributed by atoms with Gasteiger partial charge in [-0.1, -0.05) is 0 Å². The Balaban J connectivity index is 2.69. The maximum atomic E-state index is 12.5. The van der Waals surface area contributed by atoms with Crippen LogP contribution in [0.3, 0.4) is 0 Å². The number of morpholine rings is 1. The fourth-order valence-electron chi connectivity index (χ4n) is 1.78. The number of halogens is 3. The molecule has 1 saturated heterocycles. The van der Waals surface area contributed by atoms with Gasteiger partial charge in [0, 0.05) is 19.1 Å². The molecule has 0 radical (unpaired) electrons. The summed E-state index contributed by atoms with van der Waals surface area (Å²) in [6.07, 6.45) is -4.89. The van der Waals surface area contributed by atoms with E-state index in [2.05, 4.69) is 0 Å². The lowest BCUT2D eigenvalue weighted by Crippen LogP contribution is -2.52. The number of alkyl halides is 3. The number of carbonyl (C=O) groups is 1. The van der Waals surface area contributed by atoms with Gasteiger partial charge in [0.25, 0.3) is 0 Å². The molecule has 7 heteroatoms. The van der Waals surface area contributed by atoms with Crippen molar-refractivity contribution in [3.05, 3.63) is 0 Å². The molecule has 0 aromatic carbocycles. The van der Waals surface area contributed by atoms with Crippen LogP contribution in [-0.4, -0.2) is 54.0 Å². The molecule has 1 aliphatic rings. The highest BCUT2D eigenvalue weighted by Crippen LogP contribution is 2.28. The molecule has 1 N–H and O–H groups in total. The van der Waals surface area contributed by atoms with E-state index < -0.39 is 24.6 Å². The van der Waals surface area contributed by atoms with Crippen LogP contribution in [-0.2, 0) is 9.53 Å². The Kier molecular flexibility index (Phi) is 4.37. The van der Waals surface area contributed by atoms with Gasteiger partial charge in [0.1, 0.15) is 0 Å². The minimum Gasteiger partial charge on any atom is -0.481 e. The van der Waals surface area contributed by atoms with Gasteiger partial charge in [0.05, 0.1) is 12.7 Å². The van der Waals surface area contributed by atoms with Crippen molar-refractivity contribution < 1.29 is 27.8 Å². The van der Waals surface area contributed by atoms with Crippen LogP contribution in [0.4, 0.5) is 13.2 Å². The van der Waals surface area contributed by atoms with Crippen molar-refractivity contribution in [3.63, 3.8) is 0 Å². The third-order valence-electron chi connectivity index (χ3n) is 2.85. The Morgan fingerprint density at radius 2 is 2.12 bits per heavy atom. The maximum Gasteiger partial charge on any atom is 0.403 e. The van der Waals surface area contributed by atoms with Crippen LogP contribution in [0.25, 0.3) is 0 Å². The van der Waals surface area contributed by atoms with Gasteiger partial charge in [0.2, 0.25) is 0 Å². The second kappa shape index (κ2) is 5.22. The highest BCUT2D eigenvalue weighted by Gasteiger charge is 2.46. The van der Waals surface area contributed by atoms with Crippen molar-refractivity contribution in [3.8, 4) is 0 Å². The number of ether oxygens (including phenoxy) is 1. The van der Waals surface area contributed by atoms with Crippen LogP contribution >= 0.6 is 0 Å². The summed E-state index contributed by atoms with van der Waals surface area (Å²) in [7, 11) is 0. The molecule has 1 fully saturated rings. The first-order valence-electron chi connectivity index (χ1n) is 5.37. The van der Waals surface area contributed by atoms with Gasteiger partial charge in [-0.3, -0.25) is 9.69 Å². The zero-order chi connectivity index (χ0) is 13.2. The third-order valence-corrected chi connectivity index (χ3v) is 2.85. The summed E-state index contributed by atoms with van der Waals surface area (Å²) in [4.78, 5) is 12.1. The van der Waals surface area contributed by atoms with Gasteiger partial charge in [-0.2, -0.15) is 13.2 Å². The number of carboxylic acids is 1. The first-order chi connectivity index (χ1) is 7.71. The van der Waals surface area contributed by atoms with Crippen LogP contribution in [0.1, 0.15) is 13.8 Å². The Hall–Kier alpha value is -0.820. The van der Waals surface area contributed by atoms with Crippen molar-refractivity contribution in [2.24, 2.45) is 5.92 Å². The molecule has 1 aliphatic heterocycles. The molecular weight excluding hydrogens is 239 g/mol. The number of aliphatic carboxylic acids is 1. The first kappa shape index (κ1) is 14.2. The molecule has 3 atom stereocenters. The number of hydrogen-bond donors (Lipinski definition) is 1. The number of hydrogen-bond acceptors (Lipinski definition) is 3. The van der Waals surface area contributed by atoms with E-state index in [1.54, 1.807) is 13.8 Å². The summed E-state index contributed by atoms with van der Waals surface area (Å²) in [5, 5.41) is 8.61. The fraction of sp³-hybridized carbons (Fsp3) is 0.900. The Morgan fingerprint density at radius 1 is 1.53 bits per heavy atom. The van der Waals surface area contributed by atoms with Gasteiger partial charge in [-0.15, -0.1) is 0 Å². The number of nitrogens with zero attached hydrogens (tertiary/aromatic N) is 1. The van der Waals surface area contributed by atoms with E-state index in [0.29, 0.717) is 13.2 Å². The molecule has 100 valence electrons. The van der Waals surface area contributed by atoms with Gasteiger partial charge in [-0.25, -0.2) is 0 Å². The average Bonchev–Trinajstić information content (AvgIpc) is 2.17. The largest absolute Gasteiger partial charge is 0.481 e. The minimum atomic E-state index is -4.72. The summed E-state index contributed by atoms with van der Waals surface area (Å²) in [5.74, 6) is -4.17. The van der Waals surface area contributed by atoms with Crippen LogP contribution in [0.15, 0.2) is 0 Å². The van der Waals surface area contributed by atoms with Gasteiger partial charge in [-0.05, 0) is 13.8 Å². The molecule has 1 heterocycles. The van der Waals surface area contributed by atoms with Crippen LogP contribution in [0.2, 0.25) is 0 Å². The van der Waals surface area contributed by atoms with Crippen molar-refractivity contribution in [1.82, 2.24) is 4.90 Å². The zero-order valence-corrected chi connectivity index (χ0v) is 9.70. The summed E-state index contributed by atoms with van der Waals surface area (Å²) in [6.45, 7) is 3.60. The standard InChI is InChI=1S/C10H16F3NO3/c1-6-5-17-7(2)3-14(6)4-8(9(15)16)10(11,12)13/h6-8H,3-5H2,1-2H3,(H,15,16). The number of rotatable bonds is 3. The molecule has 4 nitrogen and oxygen atoms in total. The second-order valence-electron chi connectivity index (χ2n) is 4.38. The molecule has 0 amide bonds. The van der Waals surface area contributed by atoms with Crippen molar-refractivity contribution >= 4 is 5.97 Å². The predicted molar refractivity (Wildman–Crippen MR) is 53.6 cm³/mol. The van der Waals surface area contributed by atoms with E-state index in [1.807, 2.05) is 0 Å². The van der Waals surface area contributed by atoms with Crippen LogP contribution in [0.5, 0.6) is 0 Å². The summed E-state index contributed by atoms with van der Waals surface area (Å²) in [6, 6.07) is -0.199. The average molecular weight is 255 g/mol. The van der Waals surface area contributed by atoms with E-state index in [4.69, 9.17) is 9.84 Å². The van der Waals surface area contributed by atoms with E-state index in [0.717, 1.165) is 0 Å². The highest BCUT2D eigenvalue weighted by atomic mass is 19.4. The molecule has 0 aromatic rings. The molecule has 0 aliphatic carbocycles. The Bertz CT molecular complexity index is 282. The first-order valence-corrected chi connectivity index (χ1v) is 5.37. The molecule has 3 unspecified atom stereocenters. The molecule has 17 heavy (non-hydrogen) atoms. The molecule has 1 rings (SSSR count). The summed E-state index contributed by atoms with van der Waals surface area (Å²) in [5.41, 5.74) is 0. The van der Waals surface area contributed by atoms with E-state index in [1.165, 1.54) is 4.90 Å². The van der Waals surface area contributed by atoms with E-state index in [9.17, 15) is 18.0 Å². The van der Waals surface area contributed by atoms with Gasteiger partial charge in [0.15, 0.2) is 5.92 Å². The molecule has 0 saturated carbocycles. The fourth-order valence-corrected chi connectivity index (χ4v) is 1.78. The van der Waals surface area contributed by atoms with Crippen molar-refractivity contribution in [2.45, 2.75) is 32.2 Å². The van der Waals surface area contributed by atoms with E-state index in [-0.39, 0.29) is 12.1 Å². The monoisotopic (exact) mass is 255 g/mol. The highest BCUT2D eigenvalue weighted by molar-refractivity contribution is 5.71. The molecule has 0 bridgehead atoms.